The van der Waals surface area contributed by atoms with E-state index in [0.717, 1.165) is 12.1 Å². The van der Waals surface area contributed by atoms with Gasteiger partial charge in [-0.2, -0.15) is 0 Å². The highest BCUT2D eigenvalue weighted by Crippen LogP contribution is 2.20. The van der Waals surface area contributed by atoms with Gasteiger partial charge in [-0.05, 0) is 51.6 Å². The molecule has 2 heterocycles. The van der Waals surface area contributed by atoms with Crippen LogP contribution in [0, 0.1) is 0 Å². The van der Waals surface area contributed by atoms with E-state index in [9.17, 15) is 0 Å². The molecule has 0 aromatic rings. The van der Waals surface area contributed by atoms with Crippen LogP contribution in [0.15, 0.2) is 12.7 Å². The zero-order chi connectivity index (χ0) is 11.2. The molecule has 2 fully saturated rings. The molecule has 2 bridgehead atoms. The summed E-state index contributed by atoms with van der Waals surface area (Å²) in [6.07, 6.45) is 11.5. The minimum atomic E-state index is 0.792. The van der Waals surface area contributed by atoms with E-state index >= 15 is 0 Å². The standard InChI is InChI=1S/C14H26N2/c1-2-3-4-5-6-10-16-11-9-13-7-8-14(12-16)15-13/h2,13-15H,1,3-12H2. The van der Waals surface area contributed by atoms with E-state index in [1.54, 1.807) is 0 Å². The van der Waals surface area contributed by atoms with Crippen LogP contribution in [0.4, 0.5) is 0 Å². The monoisotopic (exact) mass is 222 g/mol. The van der Waals surface area contributed by atoms with Crippen LogP contribution >= 0.6 is 0 Å². The first-order chi connectivity index (χ1) is 7.88. The van der Waals surface area contributed by atoms with Gasteiger partial charge in [0, 0.05) is 18.6 Å². The molecule has 0 aromatic carbocycles. The van der Waals surface area contributed by atoms with Crippen LogP contribution in [-0.2, 0) is 0 Å². The van der Waals surface area contributed by atoms with Gasteiger partial charge in [0.2, 0.25) is 0 Å². The predicted octanol–water partition coefficient (Wildman–Crippen LogP) is 2.56. The van der Waals surface area contributed by atoms with Gasteiger partial charge in [-0.25, -0.2) is 0 Å². The lowest BCUT2D eigenvalue weighted by Crippen LogP contribution is -2.35. The molecular weight excluding hydrogens is 196 g/mol. The molecule has 2 heteroatoms. The van der Waals surface area contributed by atoms with Gasteiger partial charge in [0.1, 0.15) is 0 Å². The van der Waals surface area contributed by atoms with E-state index in [4.69, 9.17) is 0 Å². The third-order valence-corrected chi connectivity index (χ3v) is 3.99. The van der Waals surface area contributed by atoms with Crippen molar-refractivity contribution in [3.63, 3.8) is 0 Å². The molecule has 2 aliphatic heterocycles. The molecule has 0 aliphatic carbocycles. The Bertz CT molecular complexity index is 215. The minimum Gasteiger partial charge on any atom is -0.310 e. The largest absolute Gasteiger partial charge is 0.310 e. The van der Waals surface area contributed by atoms with E-state index in [1.807, 2.05) is 6.08 Å². The first-order valence-corrected chi connectivity index (χ1v) is 6.98. The van der Waals surface area contributed by atoms with E-state index in [1.165, 1.54) is 64.6 Å². The van der Waals surface area contributed by atoms with Crippen molar-refractivity contribution >= 4 is 0 Å². The molecule has 0 amide bonds. The Hall–Kier alpha value is -0.340. The molecule has 0 spiro atoms. The molecule has 1 N–H and O–H groups in total. The number of nitrogens with zero attached hydrogens (tertiary/aromatic N) is 1. The number of nitrogens with one attached hydrogen (secondary N) is 1. The molecule has 2 aliphatic rings. The fourth-order valence-electron chi connectivity index (χ4n) is 3.02. The Balaban J connectivity index is 1.60. The number of unbranched alkanes of at least 4 members (excludes halogenated alkanes) is 3. The predicted molar refractivity (Wildman–Crippen MR) is 69.7 cm³/mol. The molecule has 0 radical (unpaired) electrons. The second kappa shape index (κ2) is 6.41. The highest BCUT2D eigenvalue weighted by atomic mass is 15.2. The lowest BCUT2D eigenvalue weighted by atomic mass is 10.1. The van der Waals surface area contributed by atoms with Gasteiger partial charge in [0.05, 0.1) is 0 Å². The van der Waals surface area contributed by atoms with Crippen molar-refractivity contribution in [1.82, 2.24) is 10.2 Å². The van der Waals surface area contributed by atoms with Crippen LogP contribution < -0.4 is 5.32 Å². The number of hydrogen-bond donors (Lipinski definition) is 1. The Morgan fingerprint density at radius 2 is 2.00 bits per heavy atom. The summed E-state index contributed by atoms with van der Waals surface area (Å²) in [5.41, 5.74) is 0. The van der Waals surface area contributed by atoms with Gasteiger partial charge in [-0.3, -0.25) is 0 Å². The van der Waals surface area contributed by atoms with Crippen molar-refractivity contribution in [2.24, 2.45) is 0 Å². The van der Waals surface area contributed by atoms with Crippen LogP contribution in [-0.4, -0.2) is 36.6 Å². The maximum absolute atomic E-state index is 3.77. The van der Waals surface area contributed by atoms with E-state index < -0.39 is 0 Å². The van der Waals surface area contributed by atoms with Crippen LogP contribution in [0.3, 0.4) is 0 Å². The molecule has 92 valence electrons. The van der Waals surface area contributed by atoms with Gasteiger partial charge in [0.25, 0.3) is 0 Å². The number of rotatable bonds is 6. The summed E-state index contributed by atoms with van der Waals surface area (Å²) >= 11 is 0. The number of allylic oxidation sites excluding steroid dienone is 1. The van der Waals surface area contributed by atoms with Crippen molar-refractivity contribution in [1.29, 1.82) is 0 Å². The quantitative estimate of drug-likeness (QED) is 0.549. The lowest BCUT2D eigenvalue weighted by molar-refractivity contribution is 0.253. The second-order valence-corrected chi connectivity index (χ2v) is 5.37. The first-order valence-electron chi connectivity index (χ1n) is 6.98. The van der Waals surface area contributed by atoms with Crippen molar-refractivity contribution in [2.75, 3.05) is 19.6 Å². The first kappa shape index (κ1) is 12.1. The number of hydrogen-bond acceptors (Lipinski definition) is 2. The van der Waals surface area contributed by atoms with Gasteiger partial charge >= 0.3 is 0 Å². The lowest BCUT2D eigenvalue weighted by Gasteiger charge is -2.23. The minimum absolute atomic E-state index is 0.792. The Labute approximate surface area is 100 Å². The maximum atomic E-state index is 3.77. The highest BCUT2D eigenvalue weighted by molar-refractivity contribution is 4.89. The third-order valence-electron chi connectivity index (χ3n) is 3.99. The number of fused-ring (bicyclic) bond motifs is 2. The van der Waals surface area contributed by atoms with Crippen LogP contribution in [0.25, 0.3) is 0 Å². The van der Waals surface area contributed by atoms with Crippen molar-refractivity contribution in [3.8, 4) is 0 Å². The van der Waals surface area contributed by atoms with Crippen molar-refractivity contribution < 1.29 is 0 Å². The molecule has 2 saturated heterocycles. The average molecular weight is 222 g/mol. The number of likely N-dealkylation sites (tertiary alicyclic amines) is 1. The van der Waals surface area contributed by atoms with E-state index in [2.05, 4.69) is 16.8 Å². The van der Waals surface area contributed by atoms with Gasteiger partial charge < -0.3 is 10.2 Å². The second-order valence-electron chi connectivity index (χ2n) is 5.37. The maximum Gasteiger partial charge on any atom is 0.0198 e. The Kier molecular flexibility index (Phi) is 4.86. The SMILES string of the molecule is C=CCCCCCN1CCC2CCC(C1)N2. The van der Waals surface area contributed by atoms with Crippen LogP contribution in [0.2, 0.25) is 0 Å². The third kappa shape index (κ3) is 3.60. The Morgan fingerprint density at radius 3 is 2.88 bits per heavy atom. The van der Waals surface area contributed by atoms with Gasteiger partial charge in [-0.15, -0.1) is 6.58 Å². The highest BCUT2D eigenvalue weighted by Gasteiger charge is 2.28. The summed E-state index contributed by atoms with van der Waals surface area (Å²) in [6, 6.07) is 1.62. The fourth-order valence-corrected chi connectivity index (χ4v) is 3.02. The summed E-state index contributed by atoms with van der Waals surface area (Å²) < 4.78 is 0. The van der Waals surface area contributed by atoms with Gasteiger partial charge in [-0.1, -0.05) is 12.5 Å². The van der Waals surface area contributed by atoms with Crippen LogP contribution in [0.1, 0.15) is 44.9 Å². The van der Waals surface area contributed by atoms with E-state index in [-0.39, 0.29) is 0 Å². The summed E-state index contributed by atoms with van der Waals surface area (Å²) in [4.78, 5) is 2.67. The normalized spacial score (nSPS) is 30.2. The van der Waals surface area contributed by atoms with Gasteiger partial charge in [0.15, 0.2) is 0 Å². The molecule has 0 saturated carbocycles. The smallest absolute Gasteiger partial charge is 0.0198 e. The Morgan fingerprint density at radius 1 is 1.12 bits per heavy atom. The van der Waals surface area contributed by atoms with Crippen LogP contribution in [0.5, 0.6) is 0 Å². The molecule has 2 rings (SSSR count). The summed E-state index contributed by atoms with van der Waals surface area (Å²) in [7, 11) is 0. The summed E-state index contributed by atoms with van der Waals surface area (Å²) in [5, 5.41) is 3.74. The molecule has 16 heavy (non-hydrogen) atoms. The fraction of sp³-hybridized carbons (Fsp3) is 0.857. The zero-order valence-electron chi connectivity index (χ0n) is 10.5. The average Bonchev–Trinajstić information content (AvgIpc) is 2.61. The molecular formula is C14H26N2. The summed E-state index contributed by atoms with van der Waals surface area (Å²) in [5.74, 6) is 0. The van der Waals surface area contributed by atoms with Crippen molar-refractivity contribution in [2.45, 2.75) is 57.0 Å². The zero-order valence-corrected chi connectivity index (χ0v) is 10.5. The molecule has 2 nitrogen and oxygen atoms in total. The summed E-state index contributed by atoms with van der Waals surface area (Å²) in [6.45, 7) is 7.68. The molecule has 2 atom stereocenters. The van der Waals surface area contributed by atoms with Crippen molar-refractivity contribution in [3.05, 3.63) is 12.7 Å². The molecule has 2 unspecified atom stereocenters. The topological polar surface area (TPSA) is 15.3 Å². The van der Waals surface area contributed by atoms with E-state index in [0.29, 0.717) is 0 Å². The molecule has 0 aromatic heterocycles.